The summed E-state index contributed by atoms with van der Waals surface area (Å²) in [5.74, 6) is -2.06. The van der Waals surface area contributed by atoms with Crippen LogP contribution in [0, 0.1) is 5.82 Å². The van der Waals surface area contributed by atoms with Gasteiger partial charge in [-0.15, -0.1) is 0 Å². The van der Waals surface area contributed by atoms with Gasteiger partial charge in [0.1, 0.15) is 5.82 Å². The van der Waals surface area contributed by atoms with Crippen LogP contribution in [0.4, 0.5) is 23.2 Å². The van der Waals surface area contributed by atoms with Gasteiger partial charge >= 0.3 is 6.18 Å². The lowest BCUT2D eigenvalue weighted by Gasteiger charge is -2.16. The van der Waals surface area contributed by atoms with Crippen molar-refractivity contribution in [3.63, 3.8) is 0 Å². The number of pyridine rings is 1. The summed E-state index contributed by atoms with van der Waals surface area (Å²) >= 11 is 5.70. The molecule has 0 saturated heterocycles. The van der Waals surface area contributed by atoms with Gasteiger partial charge in [-0.05, 0) is 30.3 Å². The first kappa shape index (κ1) is 15.2. The molecule has 3 nitrogen and oxygen atoms in total. The zero-order valence-corrected chi connectivity index (χ0v) is 11.0. The van der Waals surface area contributed by atoms with Gasteiger partial charge in [-0.25, -0.2) is 8.81 Å². The Labute approximate surface area is 121 Å². The van der Waals surface area contributed by atoms with Crippen LogP contribution in [0.15, 0.2) is 42.7 Å². The third-order valence-electron chi connectivity index (χ3n) is 2.57. The molecule has 0 aliphatic carbocycles. The van der Waals surface area contributed by atoms with Crippen LogP contribution in [0.1, 0.15) is 15.9 Å². The van der Waals surface area contributed by atoms with Crippen molar-refractivity contribution in [1.29, 1.82) is 0 Å². The van der Waals surface area contributed by atoms with E-state index in [9.17, 15) is 22.4 Å². The molecule has 1 aromatic carbocycles. The predicted molar refractivity (Wildman–Crippen MR) is 68.3 cm³/mol. The van der Waals surface area contributed by atoms with Crippen LogP contribution >= 0.6 is 11.8 Å². The highest BCUT2D eigenvalue weighted by Gasteiger charge is 2.32. The molecule has 0 aliphatic heterocycles. The van der Waals surface area contributed by atoms with Gasteiger partial charge in [0.25, 0.3) is 5.91 Å². The van der Waals surface area contributed by atoms with Crippen molar-refractivity contribution >= 4 is 23.4 Å². The van der Waals surface area contributed by atoms with Gasteiger partial charge < -0.3 is 0 Å². The second-order valence-corrected chi connectivity index (χ2v) is 4.33. The Balaban J connectivity index is 2.32. The van der Waals surface area contributed by atoms with E-state index >= 15 is 0 Å². The van der Waals surface area contributed by atoms with E-state index in [0.29, 0.717) is 10.5 Å². The molecule has 8 heteroatoms. The number of amides is 1. The Morgan fingerprint density at radius 1 is 1.24 bits per heavy atom. The van der Waals surface area contributed by atoms with Crippen molar-refractivity contribution in [2.75, 3.05) is 4.42 Å². The highest BCUT2D eigenvalue weighted by Crippen LogP contribution is 2.33. The number of anilines is 1. The number of alkyl halides is 3. The van der Waals surface area contributed by atoms with Crippen LogP contribution in [0.5, 0.6) is 0 Å². The Morgan fingerprint density at radius 2 is 1.95 bits per heavy atom. The van der Waals surface area contributed by atoms with E-state index in [1.807, 2.05) is 0 Å². The van der Waals surface area contributed by atoms with Gasteiger partial charge in [-0.1, -0.05) is 0 Å². The zero-order valence-electron chi connectivity index (χ0n) is 10.2. The predicted octanol–water partition coefficient (Wildman–Crippen LogP) is 4.04. The quantitative estimate of drug-likeness (QED) is 0.618. The number of hydrogen-bond donors (Lipinski definition) is 0. The van der Waals surface area contributed by atoms with Crippen LogP contribution in [0.2, 0.25) is 0 Å². The van der Waals surface area contributed by atoms with E-state index in [2.05, 4.69) is 4.98 Å². The first-order valence-corrected chi connectivity index (χ1v) is 5.91. The number of halogens is 5. The van der Waals surface area contributed by atoms with Gasteiger partial charge in [0, 0.05) is 24.2 Å². The Bertz CT molecular complexity index is 661. The summed E-state index contributed by atoms with van der Waals surface area (Å²) in [5, 5.41) is 0. The maximum atomic E-state index is 13.7. The van der Waals surface area contributed by atoms with Crippen molar-refractivity contribution in [3.05, 3.63) is 59.7 Å². The highest BCUT2D eigenvalue weighted by molar-refractivity contribution is 6.39. The molecule has 0 unspecified atom stereocenters. The molecular weight excluding hydrogens is 312 g/mol. The molecule has 1 aromatic heterocycles. The number of rotatable bonds is 2. The SMILES string of the molecule is O=C(c1cccnc1)N(Cl)c1ccc(C(F)(F)F)cc1F. The van der Waals surface area contributed by atoms with Crippen molar-refractivity contribution in [1.82, 2.24) is 4.98 Å². The van der Waals surface area contributed by atoms with Crippen molar-refractivity contribution in [2.45, 2.75) is 6.18 Å². The number of hydrogen-bond acceptors (Lipinski definition) is 2. The summed E-state index contributed by atoms with van der Waals surface area (Å²) in [7, 11) is 0. The summed E-state index contributed by atoms with van der Waals surface area (Å²) in [4.78, 5) is 15.6. The number of benzene rings is 1. The summed E-state index contributed by atoms with van der Waals surface area (Å²) in [6.07, 6.45) is -2.04. The first-order chi connectivity index (χ1) is 9.80. The third-order valence-corrected chi connectivity index (χ3v) is 2.91. The monoisotopic (exact) mass is 318 g/mol. The molecule has 0 aliphatic rings. The van der Waals surface area contributed by atoms with Gasteiger partial charge in [0.2, 0.25) is 0 Å². The highest BCUT2D eigenvalue weighted by atomic mass is 35.5. The molecule has 2 aromatic rings. The van der Waals surface area contributed by atoms with Crippen LogP contribution in [0.3, 0.4) is 0 Å². The third kappa shape index (κ3) is 3.30. The lowest BCUT2D eigenvalue weighted by atomic mass is 10.2. The van der Waals surface area contributed by atoms with Crippen molar-refractivity contribution < 1.29 is 22.4 Å². The standard InChI is InChI=1S/C13H7ClF4N2O/c14-20(12(21)8-2-1-5-19-7-8)11-4-3-9(6-10(11)15)13(16,17)18/h1-7H. The molecular formula is C13H7ClF4N2O. The molecule has 2 rings (SSSR count). The molecule has 0 saturated carbocycles. The van der Waals surface area contributed by atoms with Crippen LogP contribution < -0.4 is 4.42 Å². The average Bonchev–Trinajstić information content (AvgIpc) is 2.45. The molecule has 21 heavy (non-hydrogen) atoms. The van der Waals surface area contributed by atoms with E-state index < -0.39 is 29.2 Å². The van der Waals surface area contributed by atoms with Crippen LogP contribution in [-0.4, -0.2) is 10.9 Å². The maximum Gasteiger partial charge on any atom is 0.416 e. The smallest absolute Gasteiger partial charge is 0.267 e. The number of carbonyl (C=O) groups is 1. The summed E-state index contributed by atoms with van der Waals surface area (Å²) in [6.45, 7) is 0. The van der Waals surface area contributed by atoms with E-state index in [4.69, 9.17) is 11.8 Å². The molecule has 0 fully saturated rings. The van der Waals surface area contributed by atoms with E-state index in [0.717, 1.165) is 6.07 Å². The molecule has 0 atom stereocenters. The van der Waals surface area contributed by atoms with E-state index in [1.54, 1.807) is 0 Å². The lowest BCUT2D eigenvalue weighted by Crippen LogP contribution is -2.22. The second-order valence-electron chi connectivity index (χ2n) is 3.99. The fourth-order valence-corrected chi connectivity index (χ4v) is 1.79. The maximum absolute atomic E-state index is 13.7. The van der Waals surface area contributed by atoms with E-state index in [1.165, 1.54) is 24.5 Å². The molecule has 1 amide bonds. The number of aromatic nitrogens is 1. The molecule has 110 valence electrons. The van der Waals surface area contributed by atoms with Crippen LogP contribution in [-0.2, 0) is 6.18 Å². The zero-order chi connectivity index (χ0) is 15.6. The summed E-state index contributed by atoms with van der Waals surface area (Å²) in [5.41, 5.74) is -1.56. The van der Waals surface area contributed by atoms with Gasteiger partial charge in [0.05, 0.1) is 16.8 Å². The minimum atomic E-state index is -4.68. The first-order valence-electron chi connectivity index (χ1n) is 5.57. The minimum Gasteiger partial charge on any atom is -0.267 e. The summed E-state index contributed by atoms with van der Waals surface area (Å²) < 4.78 is 51.4. The normalized spacial score (nSPS) is 11.3. The minimum absolute atomic E-state index is 0.0757. The van der Waals surface area contributed by atoms with Crippen molar-refractivity contribution in [3.8, 4) is 0 Å². The Hall–Kier alpha value is -2.15. The molecule has 0 spiro atoms. The van der Waals surface area contributed by atoms with Crippen LogP contribution in [0.25, 0.3) is 0 Å². The molecule has 1 heterocycles. The molecule has 0 N–H and O–H groups in total. The lowest BCUT2D eigenvalue weighted by molar-refractivity contribution is -0.137. The summed E-state index contributed by atoms with van der Waals surface area (Å²) in [6, 6.07) is 4.58. The Morgan fingerprint density at radius 3 is 2.48 bits per heavy atom. The van der Waals surface area contributed by atoms with Gasteiger partial charge in [0.15, 0.2) is 0 Å². The van der Waals surface area contributed by atoms with Gasteiger partial charge in [-0.3, -0.25) is 9.78 Å². The fourth-order valence-electron chi connectivity index (χ4n) is 1.55. The fraction of sp³-hybridized carbons (Fsp3) is 0.0769. The largest absolute Gasteiger partial charge is 0.416 e. The number of carbonyl (C=O) groups excluding carboxylic acids is 1. The van der Waals surface area contributed by atoms with Crippen molar-refractivity contribution in [2.24, 2.45) is 0 Å². The average molecular weight is 319 g/mol. The Kier molecular flexibility index (Phi) is 4.13. The van der Waals surface area contributed by atoms with E-state index in [-0.39, 0.29) is 11.6 Å². The molecule has 0 radical (unpaired) electrons. The molecule has 0 bridgehead atoms. The second kappa shape index (κ2) is 5.69. The number of nitrogens with zero attached hydrogens (tertiary/aromatic N) is 2. The topological polar surface area (TPSA) is 33.2 Å². The van der Waals surface area contributed by atoms with Gasteiger partial charge in [-0.2, -0.15) is 13.2 Å².